The van der Waals surface area contributed by atoms with E-state index in [1.165, 1.54) is 11.3 Å². The number of fused-ring (bicyclic) bond motifs is 1. The fourth-order valence-corrected chi connectivity index (χ4v) is 6.14. The summed E-state index contributed by atoms with van der Waals surface area (Å²) < 4.78 is 30.5. The molecule has 0 aliphatic heterocycles. The van der Waals surface area contributed by atoms with E-state index in [-0.39, 0.29) is 25.5 Å². The van der Waals surface area contributed by atoms with E-state index < -0.39 is 13.2 Å². The Morgan fingerprint density at radius 1 is 1.17 bits per heavy atom. The molecule has 0 aliphatic carbocycles. The second-order valence-electron chi connectivity index (χ2n) is 8.75. The molecule has 1 amide bonds. The lowest BCUT2D eigenvalue weighted by Crippen LogP contribution is -2.27. The van der Waals surface area contributed by atoms with Crippen LogP contribution in [0.2, 0.25) is 0 Å². The number of phosphoric ester groups is 1. The van der Waals surface area contributed by atoms with Crippen molar-refractivity contribution in [3.63, 3.8) is 0 Å². The average Bonchev–Trinajstić information content (AvgIpc) is 3.15. The second-order valence-corrected chi connectivity index (χ2v) is 11.4. The maximum absolute atomic E-state index is 13.1. The molecule has 10 heteroatoms. The molecular weight excluding hydrogens is 485 g/mol. The fraction of sp³-hybridized carbons (Fsp3) is 0.400. The highest BCUT2D eigenvalue weighted by Gasteiger charge is 2.34. The number of nitriles is 1. The fourth-order valence-electron chi connectivity index (χ4n) is 4.14. The highest BCUT2D eigenvalue weighted by molar-refractivity contribution is 7.48. The molecule has 3 rings (SSSR count). The molecule has 0 radical (unpaired) electrons. The summed E-state index contributed by atoms with van der Waals surface area (Å²) in [7, 11) is -3.82. The number of aryl methyl sites for hydroxylation is 2. The van der Waals surface area contributed by atoms with Crippen molar-refractivity contribution in [1.82, 2.24) is 4.98 Å². The van der Waals surface area contributed by atoms with Gasteiger partial charge in [0.05, 0.1) is 23.4 Å². The average molecular weight is 516 g/mol. The Balaban J connectivity index is 1.87. The number of hydrogen-bond donors (Lipinski definition) is 1. The molecule has 0 fully saturated rings. The summed E-state index contributed by atoms with van der Waals surface area (Å²) in [6.45, 7) is 11.5. The molecule has 1 heterocycles. The number of amides is 1. The van der Waals surface area contributed by atoms with Crippen molar-refractivity contribution < 1.29 is 22.9 Å². The lowest BCUT2D eigenvalue weighted by Gasteiger charge is -2.30. The lowest BCUT2D eigenvalue weighted by atomic mass is 9.78. The third-order valence-electron chi connectivity index (χ3n) is 5.28. The molecule has 1 aromatic heterocycles. The van der Waals surface area contributed by atoms with Crippen LogP contribution in [0.1, 0.15) is 55.8 Å². The summed E-state index contributed by atoms with van der Waals surface area (Å²) in [5, 5.41) is 12.4. The molecule has 0 spiro atoms. The van der Waals surface area contributed by atoms with Crippen LogP contribution in [-0.4, -0.2) is 24.1 Å². The SMILES string of the molecule is CCOP(=O)(OCC)Oc1cc(C)cc(C)c1C(C)(C)CC(=O)Nc1ccc2nc(C#N)sc2c1. The standard InChI is InChI=1S/C25H30N3O5PS/c1-7-31-34(30,32-8-2)33-20-12-16(3)11-17(4)24(20)25(5,6)14-22(29)27-18-9-10-19-21(13-18)35-23(15-26)28-19/h9-13H,7-8,14H2,1-6H3,(H,27,29). The van der Waals surface area contributed by atoms with Crippen molar-refractivity contribution in [2.24, 2.45) is 0 Å². The van der Waals surface area contributed by atoms with Gasteiger partial charge < -0.3 is 9.84 Å². The minimum atomic E-state index is -3.82. The lowest BCUT2D eigenvalue weighted by molar-refractivity contribution is -0.117. The van der Waals surface area contributed by atoms with Crippen LogP contribution in [0.15, 0.2) is 30.3 Å². The number of anilines is 1. The third kappa shape index (κ3) is 6.47. The minimum absolute atomic E-state index is 0.144. The Bertz CT molecular complexity index is 1320. The van der Waals surface area contributed by atoms with E-state index in [4.69, 9.17) is 18.8 Å². The Kier molecular flexibility index (Phi) is 8.34. The van der Waals surface area contributed by atoms with Crippen molar-refractivity contribution in [3.8, 4) is 11.8 Å². The molecule has 0 bridgehead atoms. The first kappa shape index (κ1) is 26.8. The number of carbonyl (C=O) groups is 1. The van der Waals surface area contributed by atoms with Gasteiger partial charge in [0, 0.05) is 23.1 Å². The number of thiazole rings is 1. The highest BCUT2D eigenvalue weighted by Crippen LogP contribution is 2.52. The number of benzene rings is 2. The molecule has 0 aliphatic rings. The maximum atomic E-state index is 13.1. The van der Waals surface area contributed by atoms with Gasteiger partial charge in [-0.1, -0.05) is 19.9 Å². The van der Waals surface area contributed by atoms with E-state index in [9.17, 15) is 9.36 Å². The molecule has 2 aromatic carbocycles. The van der Waals surface area contributed by atoms with Crippen molar-refractivity contribution in [3.05, 3.63) is 52.0 Å². The summed E-state index contributed by atoms with van der Waals surface area (Å²) in [5.74, 6) is 0.184. The molecule has 186 valence electrons. The number of nitrogens with zero attached hydrogens (tertiary/aromatic N) is 2. The quantitative estimate of drug-likeness (QED) is 0.301. The number of nitrogens with one attached hydrogen (secondary N) is 1. The zero-order valence-corrected chi connectivity index (χ0v) is 22.5. The molecule has 35 heavy (non-hydrogen) atoms. The summed E-state index contributed by atoms with van der Waals surface area (Å²) in [4.78, 5) is 17.3. The van der Waals surface area contributed by atoms with Crippen LogP contribution in [-0.2, 0) is 23.8 Å². The first-order chi connectivity index (χ1) is 16.5. The van der Waals surface area contributed by atoms with E-state index in [0.717, 1.165) is 26.9 Å². The molecule has 0 unspecified atom stereocenters. The van der Waals surface area contributed by atoms with Crippen LogP contribution >= 0.6 is 19.2 Å². The van der Waals surface area contributed by atoms with Gasteiger partial charge in [-0.05, 0) is 63.1 Å². The highest BCUT2D eigenvalue weighted by atomic mass is 32.1. The number of hydrogen-bond acceptors (Lipinski definition) is 8. The van der Waals surface area contributed by atoms with Crippen molar-refractivity contribution in [1.29, 1.82) is 5.26 Å². The Hall–Kier alpha value is -2.76. The zero-order chi connectivity index (χ0) is 25.8. The van der Waals surface area contributed by atoms with E-state index in [1.54, 1.807) is 32.0 Å². The number of phosphoric acid groups is 1. The molecular formula is C25H30N3O5PS. The minimum Gasteiger partial charge on any atom is -0.404 e. The third-order valence-corrected chi connectivity index (χ3v) is 7.77. The van der Waals surface area contributed by atoms with E-state index in [1.807, 2.05) is 45.9 Å². The first-order valence-electron chi connectivity index (χ1n) is 11.3. The van der Waals surface area contributed by atoms with Crippen LogP contribution in [0.25, 0.3) is 10.2 Å². The van der Waals surface area contributed by atoms with Gasteiger partial charge in [-0.3, -0.25) is 13.8 Å². The topological polar surface area (TPSA) is 111 Å². The summed E-state index contributed by atoms with van der Waals surface area (Å²) in [6, 6.07) is 11.2. The van der Waals surface area contributed by atoms with Crippen molar-refractivity contribution >= 4 is 41.0 Å². The zero-order valence-electron chi connectivity index (χ0n) is 20.8. The number of carbonyl (C=O) groups excluding carboxylic acids is 1. The number of aromatic nitrogens is 1. The van der Waals surface area contributed by atoms with Gasteiger partial charge >= 0.3 is 7.82 Å². The van der Waals surface area contributed by atoms with Gasteiger partial charge in [-0.25, -0.2) is 9.55 Å². The van der Waals surface area contributed by atoms with E-state index in [0.29, 0.717) is 16.4 Å². The maximum Gasteiger partial charge on any atom is 0.530 e. The van der Waals surface area contributed by atoms with Crippen LogP contribution in [0.3, 0.4) is 0 Å². The van der Waals surface area contributed by atoms with Crippen molar-refractivity contribution in [2.75, 3.05) is 18.5 Å². The Morgan fingerprint density at radius 3 is 2.49 bits per heavy atom. The summed E-state index contributed by atoms with van der Waals surface area (Å²) in [6.07, 6.45) is 0.144. The largest absolute Gasteiger partial charge is 0.530 e. The van der Waals surface area contributed by atoms with Crippen LogP contribution in [0, 0.1) is 25.2 Å². The van der Waals surface area contributed by atoms with Gasteiger partial charge in [0.2, 0.25) is 5.91 Å². The normalized spacial score (nSPS) is 11.9. The van der Waals surface area contributed by atoms with Crippen molar-refractivity contribution in [2.45, 2.75) is 53.4 Å². The Labute approximate surface area is 209 Å². The van der Waals surface area contributed by atoms with Crippen LogP contribution in [0.4, 0.5) is 5.69 Å². The van der Waals surface area contributed by atoms with E-state index >= 15 is 0 Å². The second kappa shape index (κ2) is 10.9. The first-order valence-corrected chi connectivity index (χ1v) is 13.6. The molecule has 0 saturated carbocycles. The Morgan fingerprint density at radius 2 is 1.86 bits per heavy atom. The predicted molar refractivity (Wildman–Crippen MR) is 138 cm³/mol. The monoisotopic (exact) mass is 515 g/mol. The van der Waals surface area contributed by atoms with E-state index in [2.05, 4.69) is 10.3 Å². The summed E-state index contributed by atoms with van der Waals surface area (Å²) >= 11 is 1.28. The molecule has 0 saturated heterocycles. The number of rotatable bonds is 10. The molecule has 0 atom stereocenters. The molecule has 8 nitrogen and oxygen atoms in total. The molecule has 3 aromatic rings. The van der Waals surface area contributed by atoms with Gasteiger partial charge in [0.25, 0.3) is 0 Å². The van der Waals surface area contributed by atoms with Gasteiger partial charge in [-0.15, -0.1) is 11.3 Å². The van der Waals surface area contributed by atoms with Gasteiger partial charge in [0.1, 0.15) is 11.8 Å². The van der Waals surface area contributed by atoms with Gasteiger partial charge in [0.15, 0.2) is 5.01 Å². The smallest absolute Gasteiger partial charge is 0.404 e. The van der Waals surface area contributed by atoms with Gasteiger partial charge in [-0.2, -0.15) is 5.26 Å². The molecule has 1 N–H and O–H groups in total. The summed E-state index contributed by atoms with van der Waals surface area (Å²) in [5.41, 5.74) is 3.27. The predicted octanol–water partition coefficient (Wildman–Crippen LogP) is 6.65. The van der Waals surface area contributed by atoms with Crippen LogP contribution in [0.5, 0.6) is 5.75 Å². The van der Waals surface area contributed by atoms with Crippen LogP contribution < -0.4 is 9.84 Å².